The summed E-state index contributed by atoms with van der Waals surface area (Å²) < 4.78 is 0. The molecule has 0 heterocycles. The number of benzene rings is 3. The number of carbonyl (C=O) groups is 3. The van der Waals surface area contributed by atoms with E-state index in [1.165, 1.54) is 13.0 Å². The van der Waals surface area contributed by atoms with Gasteiger partial charge in [0.05, 0.1) is 11.3 Å². The summed E-state index contributed by atoms with van der Waals surface area (Å²) in [6, 6.07) is 21.7. The Balaban J connectivity index is 1.75. The number of nitrogens with zero attached hydrogens (tertiary/aromatic N) is 1. The van der Waals surface area contributed by atoms with Crippen molar-refractivity contribution in [3.8, 4) is 6.07 Å². The molecule has 7 heteroatoms. The van der Waals surface area contributed by atoms with Crippen molar-refractivity contribution in [1.29, 1.82) is 5.26 Å². The molecule has 0 aliphatic heterocycles. The highest BCUT2D eigenvalue weighted by molar-refractivity contribution is 6.09. The highest BCUT2D eigenvalue weighted by Crippen LogP contribution is 2.18. The fourth-order valence-corrected chi connectivity index (χ4v) is 2.77. The van der Waals surface area contributed by atoms with Gasteiger partial charge in [-0.3, -0.25) is 14.4 Å². The lowest BCUT2D eigenvalue weighted by Crippen LogP contribution is -2.16. The largest absolute Gasteiger partial charge is 0.326 e. The molecule has 3 N–H and O–H groups in total. The molecule has 30 heavy (non-hydrogen) atoms. The Kier molecular flexibility index (Phi) is 6.20. The van der Waals surface area contributed by atoms with Crippen molar-refractivity contribution in [3.63, 3.8) is 0 Å². The fourth-order valence-electron chi connectivity index (χ4n) is 2.77. The predicted octanol–water partition coefficient (Wildman–Crippen LogP) is 4.02. The summed E-state index contributed by atoms with van der Waals surface area (Å²) in [6.07, 6.45) is 0. The van der Waals surface area contributed by atoms with Gasteiger partial charge in [-0.05, 0) is 48.5 Å². The standard InChI is InChI=1S/C23H18N4O3/c1-15(28)25-19-9-5-10-20(13-19)26-22(29)16-7-4-8-17(12-16)23(30)27-21-11-3-2-6-18(21)14-24/h2-13H,1H3,(H,25,28)(H,26,29)(H,27,30). The summed E-state index contributed by atoms with van der Waals surface area (Å²) in [6.45, 7) is 1.40. The Bertz CT molecular complexity index is 1160. The Morgan fingerprint density at radius 3 is 2.00 bits per heavy atom. The fraction of sp³-hybridized carbons (Fsp3) is 0.0435. The van der Waals surface area contributed by atoms with Gasteiger partial charge in [0.15, 0.2) is 0 Å². The average molecular weight is 398 g/mol. The maximum atomic E-state index is 12.6. The first kappa shape index (κ1) is 20.3. The second-order valence-electron chi connectivity index (χ2n) is 6.41. The normalized spacial score (nSPS) is 9.87. The Morgan fingerprint density at radius 2 is 1.33 bits per heavy atom. The Hall–Kier alpha value is -4.44. The van der Waals surface area contributed by atoms with Gasteiger partial charge < -0.3 is 16.0 Å². The van der Waals surface area contributed by atoms with E-state index in [0.717, 1.165) is 0 Å². The number of nitriles is 1. The van der Waals surface area contributed by atoms with Gasteiger partial charge in [0.1, 0.15) is 6.07 Å². The van der Waals surface area contributed by atoms with Crippen LogP contribution in [0.3, 0.4) is 0 Å². The minimum Gasteiger partial charge on any atom is -0.326 e. The van der Waals surface area contributed by atoms with Gasteiger partial charge >= 0.3 is 0 Å². The third-order valence-electron chi connectivity index (χ3n) is 4.12. The topological polar surface area (TPSA) is 111 Å². The van der Waals surface area contributed by atoms with Crippen LogP contribution in [0.4, 0.5) is 17.1 Å². The molecule has 0 atom stereocenters. The zero-order valence-electron chi connectivity index (χ0n) is 16.1. The minimum atomic E-state index is -0.431. The first-order chi connectivity index (χ1) is 14.5. The Morgan fingerprint density at radius 1 is 0.733 bits per heavy atom. The van der Waals surface area contributed by atoms with Crippen molar-refractivity contribution < 1.29 is 14.4 Å². The van der Waals surface area contributed by atoms with Crippen LogP contribution in [0.2, 0.25) is 0 Å². The van der Waals surface area contributed by atoms with Crippen LogP contribution < -0.4 is 16.0 Å². The zero-order valence-corrected chi connectivity index (χ0v) is 16.1. The van der Waals surface area contributed by atoms with Gasteiger partial charge in [0.2, 0.25) is 5.91 Å². The molecule has 0 aliphatic rings. The summed E-state index contributed by atoms with van der Waals surface area (Å²) in [5.74, 6) is -1.04. The van der Waals surface area contributed by atoms with Crippen LogP contribution in [0.15, 0.2) is 72.8 Å². The number of amides is 3. The van der Waals surface area contributed by atoms with Crippen molar-refractivity contribution in [1.82, 2.24) is 0 Å². The summed E-state index contributed by atoms with van der Waals surface area (Å²) in [5.41, 5.74) is 2.38. The monoisotopic (exact) mass is 398 g/mol. The van der Waals surface area contributed by atoms with E-state index in [1.807, 2.05) is 6.07 Å². The number of rotatable bonds is 5. The molecule has 3 aromatic carbocycles. The molecule has 3 rings (SSSR count). The zero-order chi connectivity index (χ0) is 21.5. The highest BCUT2D eigenvalue weighted by Gasteiger charge is 2.13. The second kappa shape index (κ2) is 9.17. The summed E-state index contributed by atoms with van der Waals surface area (Å²) in [7, 11) is 0. The molecule has 3 amide bonds. The molecule has 0 bridgehead atoms. The van der Waals surface area contributed by atoms with Crippen LogP contribution in [-0.4, -0.2) is 17.7 Å². The quantitative estimate of drug-likeness (QED) is 0.603. The molecule has 7 nitrogen and oxygen atoms in total. The summed E-state index contributed by atoms with van der Waals surface area (Å²) >= 11 is 0. The number of para-hydroxylation sites is 1. The molecule has 0 radical (unpaired) electrons. The molecule has 0 spiro atoms. The molecular formula is C23H18N4O3. The number of hydrogen-bond acceptors (Lipinski definition) is 4. The lowest BCUT2D eigenvalue weighted by atomic mass is 10.1. The smallest absolute Gasteiger partial charge is 0.255 e. The van der Waals surface area contributed by atoms with Crippen LogP contribution in [-0.2, 0) is 4.79 Å². The maximum absolute atomic E-state index is 12.6. The van der Waals surface area contributed by atoms with E-state index in [0.29, 0.717) is 28.2 Å². The molecule has 3 aromatic rings. The van der Waals surface area contributed by atoms with E-state index in [4.69, 9.17) is 5.26 Å². The number of hydrogen-bond donors (Lipinski definition) is 3. The van der Waals surface area contributed by atoms with E-state index < -0.39 is 11.8 Å². The maximum Gasteiger partial charge on any atom is 0.255 e. The highest BCUT2D eigenvalue weighted by atomic mass is 16.2. The lowest BCUT2D eigenvalue weighted by molar-refractivity contribution is -0.114. The van der Waals surface area contributed by atoms with Gasteiger partial charge in [-0.15, -0.1) is 0 Å². The molecule has 0 aliphatic carbocycles. The van der Waals surface area contributed by atoms with Crippen LogP contribution >= 0.6 is 0 Å². The molecule has 148 valence electrons. The summed E-state index contributed by atoms with van der Waals surface area (Å²) in [5, 5.41) is 17.2. The van der Waals surface area contributed by atoms with E-state index in [1.54, 1.807) is 66.7 Å². The van der Waals surface area contributed by atoms with Crippen molar-refractivity contribution in [2.75, 3.05) is 16.0 Å². The Labute approximate surface area is 173 Å². The van der Waals surface area contributed by atoms with E-state index >= 15 is 0 Å². The molecule has 0 unspecified atom stereocenters. The number of nitrogens with one attached hydrogen (secondary N) is 3. The van der Waals surface area contributed by atoms with E-state index in [9.17, 15) is 14.4 Å². The van der Waals surface area contributed by atoms with Crippen LogP contribution in [0, 0.1) is 11.3 Å². The van der Waals surface area contributed by atoms with Crippen LogP contribution in [0.25, 0.3) is 0 Å². The van der Waals surface area contributed by atoms with Crippen molar-refractivity contribution in [2.45, 2.75) is 6.92 Å². The molecule has 0 fully saturated rings. The van der Waals surface area contributed by atoms with Gasteiger partial charge in [-0.2, -0.15) is 5.26 Å². The first-order valence-corrected chi connectivity index (χ1v) is 9.06. The van der Waals surface area contributed by atoms with Crippen LogP contribution in [0.5, 0.6) is 0 Å². The molecule has 0 saturated carbocycles. The molecular weight excluding hydrogens is 380 g/mol. The predicted molar refractivity (Wildman–Crippen MR) is 114 cm³/mol. The molecule has 0 saturated heterocycles. The lowest BCUT2D eigenvalue weighted by Gasteiger charge is -2.10. The van der Waals surface area contributed by atoms with Crippen LogP contribution in [0.1, 0.15) is 33.2 Å². The van der Waals surface area contributed by atoms with Crippen molar-refractivity contribution in [2.24, 2.45) is 0 Å². The number of anilines is 3. The van der Waals surface area contributed by atoms with Crippen molar-refractivity contribution >= 4 is 34.8 Å². The van der Waals surface area contributed by atoms with Gasteiger partial charge in [-0.25, -0.2) is 0 Å². The third-order valence-corrected chi connectivity index (χ3v) is 4.12. The van der Waals surface area contributed by atoms with Gasteiger partial charge in [0, 0.05) is 29.4 Å². The SMILES string of the molecule is CC(=O)Nc1cccc(NC(=O)c2cccc(C(=O)Nc3ccccc3C#N)c2)c1. The average Bonchev–Trinajstić information content (AvgIpc) is 2.74. The molecule has 0 aromatic heterocycles. The number of carbonyl (C=O) groups excluding carboxylic acids is 3. The minimum absolute atomic E-state index is 0.213. The summed E-state index contributed by atoms with van der Waals surface area (Å²) in [4.78, 5) is 36.4. The van der Waals surface area contributed by atoms with E-state index in [-0.39, 0.29) is 11.5 Å². The van der Waals surface area contributed by atoms with Gasteiger partial charge in [0.25, 0.3) is 11.8 Å². The van der Waals surface area contributed by atoms with Crippen molar-refractivity contribution in [3.05, 3.63) is 89.5 Å². The second-order valence-corrected chi connectivity index (χ2v) is 6.41. The van der Waals surface area contributed by atoms with E-state index in [2.05, 4.69) is 16.0 Å². The van der Waals surface area contributed by atoms with Gasteiger partial charge in [-0.1, -0.05) is 24.3 Å². The third kappa shape index (κ3) is 5.09. The first-order valence-electron chi connectivity index (χ1n) is 9.06.